The summed E-state index contributed by atoms with van der Waals surface area (Å²) < 4.78 is 1.00. The largest absolute Gasteiger partial charge is 0.324 e. The first-order chi connectivity index (χ1) is 9.56. The second-order valence-electron chi connectivity index (χ2n) is 4.37. The average Bonchev–Trinajstić information content (AvgIpc) is 2.69. The zero-order valence-corrected chi connectivity index (χ0v) is 13.3. The quantitative estimate of drug-likeness (QED) is 0.834. The summed E-state index contributed by atoms with van der Waals surface area (Å²) in [5.74, 6) is -0.195. The van der Waals surface area contributed by atoms with Crippen molar-refractivity contribution in [3.8, 4) is 0 Å². The Kier molecular flexibility index (Phi) is 3.77. The molecule has 102 valence electrons. The molecule has 1 aliphatic heterocycles. The Balaban J connectivity index is 1.99. The monoisotopic (exact) mass is 368 g/mol. The maximum atomic E-state index is 11.6. The van der Waals surface area contributed by atoms with E-state index in [1.165, 1.54) is 11.8 Å². The van der Waals surface area contributed by atoms with E-state index in [1.54, 1.807) is 6.07 Å². The summed E-state index contributed by atoms with van der Waals surface area (Å²) in [5.41, 5.74) is 7.28. The Morgan fingerprint density at radius 1 is 1.25 bits per heavy atom. The predicted octanol–water partition coefficient (Wildman–Crippen LogP) is 4.21. The van der Waals surface area contributed by atoms with E-state index in [0.717, 1.165) is 25.5 Å². The summed E-state index contributed by atoms with van der Waals surface area (Å²) in [4.78, 5) is 13.5. The SMILES string of the molecule is NC1C(=O)Nc2cc(Sc3ccccc3Br)c(Cl)cc21. The van der Waals surface area contributed by atoms with Gasteiger partial charge in [0.05, 0.1) is 5.02 Å². The van der Waals surface area contributed by atoms with Crippen molar-refractivity contribution in [1.29, 1.82) is 0 Å². The van der Waals surface area contributed by atoms with E-state index >= 15 is 0 Å². The molecule has 1 unspecified atom stereocenters. The van der Waals surface area contributed by atoms with Crippen LogP contribution in [0.4, 0.5) is 5.69 Å². The highest BCUT2D eigenvalue weighted by Crippen LogP contribution is 2.42. The topological polar surface area (TPSA) is 55.1 Å². The van der Waals surface area contributed by atoms with Crippen molar-refractivity contribution in [3.63, 3.8) is 0 Å². The lowest BCUT2D eigenvalue weighted by atomic mass is 10.1. The Bertz CT molecular complexity index is 708. The van der Waals surface area contributed by atoms with Gasteiger partial charge in [-0.3, -0.25) is 4.79 Å². The van der Waals surface area contributed by atoms with Gasteiger partial charge in [-0.1, -0.05) is 35.5 Å². The van der Waals surface area contributed by atoms with Crippen molar-refractivity contribution >= 4 is 50.9 Å². The highest BCUT2D eigenvalue weighted by Gasteiger charge is 2.28. The second-order valence-corrected chi connectivity index (χ2v) is 6.71. The third-order valence-corrected chi connectivity index (χ3v) is 5.55. The molecule has 20 heavy (non-hydrogen) atoms. The van der Waals surface area contributed by atoms with Gasteiger partial charge < -0.3 is 11.1 Å². The van der Waals surface area contributed by atoms with Crippen LogP contribution in [0.5, 0.6) is 0 Å². The van der Waals surface area contributed by atoms with Crippen molar-refractivity contribution in [1.82, 2.24) is 0 Å². The lowest BCUT2D eigenvalue weighted by Crippen LogP contribution is -2.19. The van der Waals surface area contributed by atoms with Crippen LogP contribution in [0.1, 0.15) is 11.6 Å². The number of anilines is 1. The molecule has 2 aromatic carbocycles. The molecule has 0 aliphatic carbocycles. The van der Waals surface area contributed by atoms with E-state index in [0.29, 0.717) is 5.02 Å². The summed E-state index contributed by atoms with van der Waals surface area (Å²) >= 11 is 11.3. The molecule has 0 bridgehead atoms. The van der Waals surface area contributed by atoms with Crippen LogP contribution in [0.25, 0.3) is 0 Å². The minimum Gasteiger partial charge on any atom is -0.324 e. The van der Waals surface area contributed by atoms with Crippen LogP contribution in [-0.2, 0) is 4.79 Å². The summed E-state index contributed by atoms with van der Waals surface area (Å²) in [5, 5.41) is 3.36. The maximum Gasteiger partial charge on any atom is 0.245 e. The molecule has 0 spiro atoms. The third-order valence-electron chi connectivity index (χ3n) is 3.04. The van der Waals surface area contributed by atoms with Crippen LogP contribution in [0.15, 0.2) is 50.7 Å². The molecule has 3 N–H and O–H groups in total. The van der Waals surface area contributed by atoms with Crippen LogP contribution in [-0.4, -0.2) is 5.91 Å². The van der Waals surface area contributed by atoms with Gasteiger partial charge in [-0.25, -0.2) is 0 Å². The lowest BCUT2D eigenvalue weighted by molar-refractivity contribution is -0.116. The molecule has 0 saturated heterocycles. The number of rotatable bonds is 2. The number of hydrogen-bond donors (Lipinski definition) is 2. The molecule has 1 aliphatic rings. The molecule has 1 amide bonds. The van der Waals surface area contributed by atoms with Gasteiger partial charge in [0, 0.05) is 25.5 Å². The minimum absolute atomic E-state index is 0.195. The highest BCUT2D eigenvalue weighted by atomic mass is 79.9. The van der Waals surface area contributed by atoms with Gasteiger partial charge in [0.1, 0.15) is 6.04 Å². The molecule has 2 aromatic rings. The smallest absolute Gasteiger partial charge is 0.245 e. The van der Waals surface area contributed by atoms with E-state index in [9.17, 15) is 4.79 Å². The van der Waals surface area contributed by atoms with Gasteiger partial charge >= 0.3 is 0 Å². The molecular weight excluding hydrogens is 360 g/mol. The van der Waals surface area contributed by atoms with Gasteiger partial charge in [0.2, 0.25) is 5.91 Å². The number of halogens is 2. The molecule has 3 nitrogen and oxygen atoms in total. The second kappa shape index (κ2) is 5.41. The average molecular weight is 370 g/mol. The van der Waals surface area contributed by atoms with E-state index in [1.807, 2.05) is 30.3 Å². The Labute approximate surface area is 134 Å². The minimum atomic E-state index is -0.634. The first kappa shape index (κ1) is 13.9. The maximum absolute atomic E-state index is 11.6. The molecule has 0 fully saturated rings. The van der Waals surface area contributed by atoms with Crippen molar-refractivity contribution in [2.45, 2.75) is 15.8 Å². The number of benzene rings is 2. The van der Waals surface area contributed by atoms with Crippen LogP contribution in [0, 0.1) is 0 Å². The fraction of sp³-hybridized carbons (Fsp3) is 0.0714. The molecule has 0 saturated carbocycles. The fourth-order valence-corrected chi connectivity index (χ4v) is 3.71. The number of fused-ring (bicyclic) bond motifs is 1. The lowest BCUT2D eigenvalue weighted by Gasteiger charge is -2.09. The number of nitrogens with two attached hydrogens (primary N) is 1. The van der Waals surface area contributed by atoms with Gasteiger partial charge in [-0.05, 0) is 40.2 Å². The summed E-state index contributed by atoms with van der Waals surface area (Å²) in [6.07, 6.45) is 0. The normalized spacial score (nSPS) is 16.9. The van der Waals surface area contributed by atoms with Crippen LogP contribution in [0.3, 0.4) is 0 Å². The van der Waals surface area contributed by atoms with E-state index in [4.69, 9.17) is 17.3 Å². The highest BCUT2D eigenvalue weighted by molar-refractivity contribution is 9.10. The van der Waals surface area contributed by atoms with Crippen molar-refractivity contribution in [2.75, 3.05) is 5.32 Å². The molecular formula is C14H10BrClN2OS. The Morgan fingerprint density at radius 2 is 2.00 bits per heavy atom. The number of hydrogen-bond acceptors (Lipinski definition) is 3. The number of amides is 1. The van der Waals surface area contributed by atoms with Gasteiger partial charge in [0.25, 0.3) is 0 Å². The van der Waals surface area contributed by atoms with Crippen LogP contribution < -0.4 is 11.1 Å². The molecule has 0 radical (unpaired) electrons. The van der Waals surface area contributed by atoms with Gasteiger partial charge in [-0.2, -0.15) is 0 Å². The first-order valence-corrected chi connectivity index (χ1v) is 7.87. The van der Waals surface area contributed by atoms with E-state index < -0.39 is 6.04 Å². The molecule has 1 heterocycles. The molecule has 0 aromatic heterocycles. The van der Waals surface area contributed by atoms with Crippen LogP contribution in [0.2, 0.25) is 5.02 Å². The third kappa shape index (κ3) is 2.46. The van der Waals surface area contributed by atoms with E-state index in [2.05, 4.69) is 21.2 Å². The first-order valence-electron chi connectivity index (χ1n) is 5.88. The standard InChI is InChI=1S/C14H10BrClN2OS/c15-8-3-1-2-4-11(8)20-12-6-10-7(5-9(12)16)13(17)14(19)18-10/h1-6,13H,17H2,(H,18,19). The van der Waals surface area contributed by atoms with Gasteiger partial charge in [0.15, 0.2) is 0 Å². The summed E-state index contributed by atoms with van der Waals surface area (Å²) in [6.45, 7) is 0. The molecule has 3 rings (SSSR count). The van der Waals surface area contributed by atoms with E-state index in [-0.39, 0.29) is 5.91 Å². The van der Waals surface area contributed by atoms with Gasteiger partial charge in [-0.15, -0.1) is 0 Å². The number of nitrogens with one attached hydrogen (secondary N) is 1. The Hall–Kier alpha value is -1.01. The van der Waals surface area contributed by atoms with Crippen molar-refractivity contribution in [3.05, 3.63) is 51.5 Å². The van der Waals surface area contributed by atoms with Crippen molar-refractivity contribution in [2.24, 2.45) is 5.73 Å². The fourth-order valence-electron chi connectivity index (χ4n) is 2.01. The summed E-state index contributed by atoms with van der Waals surface area (Å²) in [6, 6.07) is 10.9. The van der Waals surface area contributed by atoms with Crippen LogP contribution >= 0.6 is 39.3 Å². The predicted molar refractivity (Wildman–Crippen MR) is 85.3 cm³/mol. The number of carbonyl (C=O) groups excluding carboxylic acids is 1. The number of carbonyl (C=O) groups is 1. The zero-order chi connectivity index (χ0) is 14.3. The molecule has 1 atom stereocenters. The zero-order valence-electron chi connectivity index (χ0n) is 10.2. The van der Waals surface area contributed by atoms with Crippen molar-refractivity contribution < 1.29 is 4.79 Å². The summed E-state index contributed by atoms with van der Waals surface area (Å²) in [7, 11) is 0. The Morgan fingerprint density at radius 3 is 2.75 bits per heavy atom. The molecule has 6 heteroatoms.